The van der Waals surface area contributed by atoms with Crippen molar-refractivity contribution < 1.29 is 9.53 Å². The van der Waals surface area contributed by atoms with Crippen LogP contribution in [0.1, 0.15) is 25.8 Å². The van der Waals surface area contributed by atoms with E-state index >= 15 is 0 Å². The van der Waals surface area contributed by atoms with Gasteiger partial charge in [-0.25, -0.2) is 0 Å². The molecule has 2 N–H and O–H groups in total. The van der Waals surface area contributed by atoms with Gasteiger partial charge in [0.05, 0.1) is 12.0 Å². The van der Waals surface area contributed by atoms with Crippen LogP contribution in [0.5, 0.6) is 0 Å². The van der Waals surface area contributed by atoms with Crippen LogP contribution in [0.4, 0.5) is 5.69 Å². The number of para-hydroxylation sites is 1. The monoisotopic (exact) mass is 276 g/mol. The molecule has 1 aromatic carbocycles. The van der Waals surface area contributed by atoms with Crippen LogP contribution < -0.4 is 10.6 Å². The Balaban J connectivity index is 2.19. The van der Waals surface area contributed by atoms with Gasteiger partial charge in [-0.15, -0.1) is 0 Å². The van der Waals surface area contributed by atoms with Crippen molar-refractivity contribution in [3.8, 4) is 0 Å². The van der Waals surface area contributed by atoms with Gasteiger partial charge in [0.25, 0.3) is 0 Å². The Labute approximate surface area is 120 Å². The van der Waals surface area contributed by atoms with Gasteiger partial charge in [0.1, 0.15) is 0 Å². The number of hydrogen-bond donors (Lipinski definition) is 2. The molecule has 0 aliphatic carbocycles. The minimum atomic E-state index is -0.305. The van der Waals surface area contributed by atoms with Gasteiger partial charge in [0.15, 0.2) is 0 Å². The summed E-state index contributed by atoms with van der Waals surface area (Å²) in [6.07, 6.45) is 0.892. The molecule has 0 aromatic heterocycles. The molecule has 0 spiro atoms. The standard InChI is InChI=1S/C16H24N2O2/c1-12(2)16(8-9-17-11-16)15(19)18-14-7-5-4-6-13(14)10-20-3/h4-7,12,17H,8-11H2,1-3H3,(H,18,19). The molecule has 1 aliphatic heterocycles. The largest absolute Gasteiger partial charge is 0.380 e. The van der Waals surface area contributed by atoms with Crippen LogP contribution >= 0.6 is 0 Å². The van der Waals surface area contributed by atoms with E-state index in [2.05, 4.69) is 24.5 Å². The van der Waals surface area contributed by atoms with E-state index in [1.165, 1.54) is 0 Å². The molecule has 1 aliphatic rings. The van der Waals surface area contributed by atoms with Crippen molar-refractivity contribution in [2.24, 2.45) is 11.3 Å². The van der Waals surface area contributed by atoms with Crippen molar-refractivity contribution in [3.63, 3.8) is 0 Å². The van der Waals surface area contributed by atoms with E-state index in [4.69, 9.17) is 4.74 Å². The first kappa shape index (κ1) is 15.0. The van der Waals surface area contributed by atoms with Crippen molar-refractivity contribution >= 4 is 11.6 Å². The fourth-order valence-electron chi connectivity index (χ4n) is 2.83. The molecule has 1 unspecified atom stereocenters. The van der Waals surface area contributed by atoms with E-state index in [1.54, 1.807) is 7.11 Å². The summed E-state index contributed by atoms with van der Waals surface area (Å²) in [4.78, 5) is 12.7. The first-order chi connectivity index (χ1) is 9.60. The fraction of sp³-hybridized carbons (Fsp3) is 0.562. The van der Waals surface area contributed by atoms with Crippen molar-refractivity contribution in [2.75, 3.05) is 25.5 Å². The quantitative estimate of drug-likeness (QED) is 0.868. The lowest BCUT2D eigenvalue weighted by Gasteiger charge is -2.31. The van der Waals surface area contributed by atoms with E-state index in [0.717, 1.165) is 30.8 Å². The number of anilines is 1. The molecule has 1 atom stereocenters. The number of ether oxygens (including phenoxy) is 1. The van der Waals surface area contributed by atoms with E-state index in [1.807, 2.05) is 24.3 Å². The van der Waals surface area contributed by atoms with Crippen LogP contribution in [0.2, 0.25) is 0 Å². The maximum Gasteiger partial charge on any atom is 0.232 e. The Morgan fingerprint density at radius 2 is 2.20 bits per heavy atom. The molecule has 20 heavy (non-hydrogen) atoms. The summed E-state index contributed by atoms with van der Waals surface area (Å²) in [5, 5.41) is 6.42. The molecular weight excluding hydrogens is 252 g/mol. The van der Waals surface area contributed by atoms with E-state index in [9.17, 15) is 4.79 Å². The van der Waals surface area contributed by atoms with Gasteiger partial charge in [0, 0.05) is 24.9 Å². The van der Waals surface area contributed by atoms with Crippen LogP contribution in [-0.4, -0.2) is 26.1 Å². The minimum absolute atomic E-state index is 0.112. The number of hydrogen-bond acceptors (Lipinski definition) is 3. The number of carbonyl (C=O) groups is 1. The summed E-state index contributed by atoms with van der Waals surface area (Å²) in [5.41, 5.74) is 1.56. The third kappa shape index (κ3) is 2.86. The number of nitrogens with one attached hydrogen (secondary N) is 2. The Kier molecular flexibility index (Phi) is 4.78. The van der Waals surface area contributed by atoms with Crippen molar-refractivity contribution in [1.82, 2.24) is 5.32 Å². The molecule has 0 bridgehead atoms. The zero-order valence-corrected chi connectivity index (χ0v) is 12.5. The second kappa shape index (κ2) is 6.37. The highest BCUT2D eigenvalue weighted by molar-refractivity contribution is 5.96. The molecule has 4 nitrogen and oxygen atoms in total. The highest BCUT2D eigenvalue weighted by Crippen LogP contribution is 2.35. The Morgan fingerprint density at radius 3 is 2.80 bits per heavy atom. The lowest BCUT2D eigenvalue weighted by atomic mass is 9.75. The molecular formula is C16H24N2O2. The molecule has 2 rings (SSSR count). The second-order valence-electron chi connectivity index (χ2n) is 5.78. The van der Waals surface area contributed by atoms with E-state index in [0.29, 0.717) is 12.5 Å². The zero-order valence-electron chi connectivity index (χ0n) is 12.5. The number of methoxy groups -OCH3 is 1. The molecule has 1 amide bonds. The summed E-state index contributed by atoms with van der Waals surface area (Å²) in [6.45, 7) is 6.40. The minimum Gasteiger partial charge on any atom is -0.380 e. The topological polar surface area (TPSA) is 50.4 Å². The highest BCUT2D eigenvalue weighted by atomic mass is 16.5. The fourth-order valence-corrected chi connectivity index (χ4v) is 2.83. The molecule has 4 heteroatoms. The number of rotatable bonds is 5. The van der Waals surface area contributed by atoms with Gasteiger partial charge in [-0.3, -0.25) is 4.79 Å². The Hall–Kier alpha value is -1.39. The van der Waals surface area contributed by atoms with Gasteiger partial charge >= 0.3 is 0 Å². The van der Waals surface area contributed by atoms with Crippen LogP contribution in [0, 0.1) is 11.3 Å². The van der Waals surface area contributed by atoms with Crippen LogP contribution in [-0.2, 0) is 16.1 Å². The third-order valence-electron chi connectivity index (χ3n) is 4.31. The van der Waals surface area contributed by atoms with Crippen molar-refractivity contribution in [1.29, 1.82) is 0 Å². The van der Waals surface area contributed by atoms with Crippen molar-refractivity contribution in [2.45, 2.75) is 26.9 Å². The average Bonchev–Trinajstić information content (AvgIpc) is 2.92. The third-order valence-corrected chi connectivity index (χ3v) is 4.31. The van der Waals surface area contributed by atoms with Gasteiger partial charge < -0.3 is 15.4 Å². The van der Waals surface area contributed by atoms with Crippen LogP contribution in [0.25, 0.3) is 0 Å². The molecule has 110 valence electrons. The Morgan fingerprint density at radius 1 is 1.45 bits per heavy atom. The van der Waals surface area contributed by atoms with Gasteiger partial charge in [-0.05, 0) is 24.9 Å². The zero-order chi connectivity index (χ0) is 14.6. The molecule has 0 radical (unpaired) electrons. The normalized spacial score (nSPS) is 22.2. The number of benzene rings is 1. The molecule has 1 aromatic rings. The van der Waals surface area contributed by atoms with Gasteiger partial charge in [0.2, 0.25) is 5.91 Å². The molecule has 1 saturated heterocycles. The first-order valence-electron chi connectivity index (χ1n) is 7.19. The SMILES string of the molecule is COCc1ccccc1NC(=O)C1(C(C)C)CCNC1. The molecule has 1 heterocycles. The predicted molar refractivity (Wildman–Crippen MR) is 80.5 cm³/mol. The summed E-state index contributed by atoms with van der Waals surface area (Å²) in [7, 11) is 1.66. The Bertz CT molecular complexity index is 465. The molecule has 1 fully saturated rings. The first-order valence-corrected chi connectivity index (χ1v) is 7.19. The second-order valence-corrected chi connectivity index (χ2v) is 5.78. The predicted octanol–water partition coefficient (Wildman–Crippen LogP) is 2.41. The average molecular weight is 276 g/mol. The summed E-state index contributed by atoms with van der Waals surface area (Å²) in [6, 6.07) is 7.81. The lowest BCUT2D eigenvalue weighted by molar-refractivity contribution is -0.126. The lowest BCUT2D eigenvalue weighted by Crippen LogP contribution is -2.42. The van der Waals surface area contributed by atoms with Gasteiger partial charge in [-0.1, -0.05) is 32.0 Å². The van der Waals surface area contributed by atoms with Crippen LogP contribution in [0.3, 0.4) is 0 Å². The number of carbonyl (C=O) groups excluding carboxylic acids is 1. The van der Waals surface area contributed by atoms with Crippen LogP contribution in [0.15, 0.2) is 24.3 Å². The highest BCUT2D eigenvalue weighted by Gasteiger charge is 2.43. The maximum atomic E-state index is 12.7. The summed E-state index contributed by atoms with van der Waals surface area (Å²) >= 11 is 0. The van der Waals surface area contributed by atoms with Crippen molar-refractivity contribution in [3.05, 3.63) is 29.8 Å². The van der Waals surface area contributed by atoms with Gasteiger partial charge in [-0.2, -0.15) is 0 Å². The smallest absolute Gasteiger partial charge is 0.232 e. The summed E-state index contributed by atoms with van der Waals surface area (Å²) < 4.78 is 5.18. The maximum absolute atomic E-state index is 12.7. The van der Waals surface area contributed by atoms with E-state index < -0.39 is 0 Å². The van der Waals surface area contributed by atoms with E-state index in [-0.39, 0.29) is 11.3 Å². The molecule has 0 saturated carbocycles. The summed E-state index contributed by atoms with van der Waals surface area (Å²) in [5.74, 6) is 0.424. The number of amides is 1.